The van der Waals surface area contributed by atoms with Crippen LogP contribution in [0.4, 0.5) is 8.78 Å². The Kier molecular flexibility index (Phi) is 6.27. The number of nitrogens with two attached hydrogens (primary N) is 1. The first-order valence-corrected chi connectivity index (χ1v) is 12.7. The molecule has 10 heteroatoms. The Morgan fingerprint density at radius 3 is 2.49 bits per heavy atom. The van der Waals surface area contributed by atoms with Crippen LogP contribution in [-0.2, 0) is 26.5 Å². The van der Waals surface area contributed by atoms with Gasteiger partial charge in [0, 0.05) is 18.2 Å². The fourth-order valence-corrected chi connectivity index (χ4v) is 6.45. The first kappa shape index (κ1) is 24.9. The molecule has 0 bridgehead atoms. The second kappa shape index (κ2) is 8.80. The molecule has 2 aromatic carbocycles. The molecule has 0 aliphatic carbocycles. The van der Waals surface area contributed by atoms with Crippen molar-refractivity contribution in [2.45, 2.75) is 30.6 Å². The normalized spacial score (nSPS) is 23.5. The summed E-state index contributed by atoms with van der Waals surface area (Å²) in [7, 11) is -4.08. The molecule has 35 heavy (non-hydrogen) atoms. The minimum Gasteiger partial charge on any atom is -0.386 e. The molecule has 2 heterocycles. The number of carbonyl (C=O) groups is 1. The van der Waals surface area contributed by atoms with Crippen LogP contribution in [0.25, 0.3) is 0 Å². The maximum Gasteiger partial charge on any atom is 0.185 e. The number of halogens is 3. The zero-order valence-corrected chi connectivity index (χ0v) is 20.5. The Balaban J connectivity index is 1.74. The number of benzene rings is 2. The largest absolute Gasteiger partial charge is 0.386 e. The van der Waals surface area contributed by atoms with E-state index >= 15 is 0 Å². The van der Waals surface area contributed by atoms with Crippen LogP contribution < -0.4 is 5.73 Å². The van der Waals surface area contributed by atoms with Crippen LogP contribution in [0.1, 0.15) is 41.0 Å². The molecule has 0 amide bonds. The van der Waals surface area contributed by atoms with Crippen molar-refractivity contribution in [3.63, 3.8) is 0 Å². The summed E-state index contributed by atoms with van der Waals surface area (Å²) >= 11 is 5.81. The van der Waals surface area contributed by atoms with E-state index in [9.17, 15) is 22.0 Å². The number of carbonyl (C=O) groups excluding carboxylic acids is 1. The number of rotatable bonds is 5. The van der Waals surface area contributed by atoms with Crippen molar-refractivity contribution in [1.29, 1.82) is 0 Å². The van der Waals surface area contributed by atoms with E-state index in [1.165, 1.54) is 56.4 Å². The van der Waals surface area contributed by atoms with Crippen LogP contribution in [0.2, 0.25) is 5.02 Å². The topological polar surface area (TPSA) is 102 Å². The zero-order valence-electron chi connectivity index (χ0n) is 18.9. The van der Waals surface area contributed by atoms with Gasteiger partial charge in [0.25, 0.3) is 0 Å². The average molecular weight is 518 g/mol. The molecule has 182 valence electrons. The molecule has 2 atom stereocenters. The molecule has 0 fully saturated rings. The molecule has 2 N–H and O–H groups in total. The van der Waals surface area contributed by atoms with Crippen molar-refractivity contribution in [1.82, 2.24) is 4.98 Å². The number of hydrogen-bond acceptors (Lipinski definition) is 6. The second-order valence-corrected chi connectivity index (χ2v) is 11.6. The smallest absolute Gasteiger partial charge is 0.185 e. The van der Waals surface area contributed by atoms with Crippen LogP contribution >= 0.6 is 11.6 Å². The van der Waals surface area contributed by atoms with Gasteiger partial charge < -0.3 is 5.73 Å². The van der Waals surface area contributed by atoms with E-state index in [1.54, 1.807) is 6.07 Å². The molecule has 0 saturated carbocycles. The Morgan fingerprint density at radius 2 is 1.86 bits per heavy atom. The van der Waals surface area contributed by atoms with Crippen LogP contribution in [0.5, 0.6) is 0 Å². The summed E-state index contributed by atoms with van der Waals surface area (Å²) in [5.41, 5.74) is 5.40. The summed E-state index contributed by atoms with van der Waals surface area (Å²) in [4.78, 5) is 21.1. The Morgan fingerprint density at radius 1 is 1.11 bits per heavy atom. The highest BCUT2D eigenvalue weighted by Crippen LogP contribution is 2.43. The first-order valence-electron chi connectivity index (χ1n) is 10.6. The fourth-order valence-electron chi connectivity index (χ4n) is 4.24. The van der Waals surface area contributed by atoms with E-state index in [1.807, 2.05) is 0 Å². The van der Waals surface area contributed by atoms with E-state index in [0.717, 1.165) is 12.1 Å². The lowest BCUT2D eigenvalue weighted by Gasteiger charge is -2.40. The summed E-state index contributed by atoms with van der Waals surface area (Å²) in [5.74, 6) is -2.46. The number of sulfone groups is 1. The van der Waals surface area contributed by atoms with E-state index in [-0.39, 0.29) is 34.9 Å². The van der Waals surface area contributed by atoms with Crippen LogP contribution in [0.15, 0.2) is 65.8 Å². The van der Waals surface area contributed by atoms with E-state index < -0.39 is 37.5 Å². The molecule has 4 rings (SSSR count). The number of pyridine rings is 1. The van der Waals surface area contributed by atoms with Crippen LogP contribution in [0, 0.1) is 11.6 Å². The molecule has 1 aliphatic rings. The van der Waals surface area contributed by atoms with Gasteiger partial charge in [-0.3, -0.25) is 14.8 Å². The van der Waals surface area contributed by atoms with Gasteiger partial charge >= 0.3 is 0 Å². The summed E-state index contributed by atoms with van der Waals surface area (Å²) in [5, 5.41) is 0.387. The Hall–Kier alpha value is -3.17. The van der Waals surface area contributed by atoms with E-state index in [2.05, 4.69) is 9.98 Å². The van der Waals surface area contributed by atoms with E-state index in [4.69, 9.17) is 17.3 Å². The summed E-state index contributed by atoms with van der Waals surface area (Å²) in [6.07, 6.45) is 1.26. The third kappa shape index (κ3) is 4.46. The lowest BCUT2D eigenvalue weighted by Crippen LogP contribution is -2.54. The van der Waals surface area contributed by atoms with Gasteiger partial charge in [0.05, 0.1) is 10.8 Å². The monoisotopic (exact) mass is 517 g/mol. The van der Waals surface area contributed by atoms with Gasteiger partial charge in [0.15, 0.2) is 20.4 Å². The van der Waals surface area contributed by atoms with Gasteiger partial charge in [-0.2, -0.15) is 0 Å². The van der Waals surface area contributed by atoms with Crippen molar-refractivity contribution >= 4 is 33.1 Å². The average Bonchev–Trinajstić information content (AvgIpc) is 2.78. The maximum atomic E-state index is 15.0. The minimum atomic E-state index is -4.08. The molecule has 6 nitrogen and oxygen atoms in total. The number of aliphatic imine (C=N–C) groups is 1. The van der Waals surface area contributed by atoms with Crippen LogP contribution in [-0.4, -0.2) is 30.8 Å². The molecular formula is C25H22ClF2N3O3S. The first-order chi connectivity index (χ1) is 16.4. The molecule has 0 saturated heterocycles. The predicted octanol–water partition coefficient (Wildman–Crippen LogP) is 4.35. The van der Waals surface area contributed by atoms with Gasteiger partial charge in [-0.05, 0) is 61.4 Å². The number of Topliss-reactive ketones (excluding diaryl/α,β-unsaturated/α-hetero) is 1. The number of nitrogens with zero attached hydrogens (tertiary/aromatic N) is 2. The Bertz CT molecular complexity index is 1460. The molecule has 1 aliphatic heterocycles. The standard InChI is InChI=1S/C25H22ClF2N3O3S/c1-24(14-35(33,34)25(2,23(29)31-24)16-4-3-5-18(27)12-16)19-10-15(6-8-20(19)28)11-22(32)21-9-7-17(26)13-30-21/h3-10,12-13H,11,14H2,1-2H3,(H2,29,31)/t24-,25+/m0/s1. The summed E-state index contributed by atoms with van der Waals surface area (Å²) < 4.78 is 54.1. The Labute approximate surface area is 206 Å². The predicted molar refractivity (Wildman–Crippen MR) is 130 cm³/mol. The summed E-state index contributed by atoms with van der Waals surface area (Å²) in [6, 6.07) is 12.2. The van der Waals surface area contributed by atoms with Gasteiger partial charge in [-0.1, -0.05) is 29.8 Å². The summed E-state index contributed by atoms with van der Waals surface area (Å²) in [6.45, 7) is 2.83. The second-order valence-electron chi connectivity index (χ2n) is 8.85. The van der Waals surface area contributed by atoms with Crippen molar-refractivity contribution in [2.75, 3.05) is 5.75 Å². The molecule has 0 radical (unpaired) electrons. The third-order valence-corrected chi connectivity index (χ3v) is 9.17. The number of aromatic nitrogens is 1. The van der Waals surface area contributed by atoms with Crippen LogP contribution in [0.3, 0.4) is 0 Å². The molecular weight excluding hydrogens is 496 g/mol. The zero-order chi connectivity index (χ0) is 25.6. The van der Waals surface area contributed by atoms with Crippen molar-refractivity contribution in [3.8, 4) is 0 Å². The highest BCUT2D eigenvalue weighted by Gasteiger charge is 2.53. The third-order valence-electron chi connectivity index (χ3n) is 6.31. The molecule has 3 aromatic rings. The number of hydrogen-bond donors (Lipinski definition) is 1. The molecule has 0 spiro atoms. The SMILES string of the molecule is C[C@@]1(c2cccc(F)c2)C(N)=N[C@](C)(c2cc(CC(=O)c3ccc(Cl)cn3)ccc2F)CS1(=O)=O. The van der Waals surface area contributed by atoms with E-state index in [0.29, 0.717) is 10.6 Å². The number of ketones is 1. The lowest BCUT2D eigenvalue weighted by molar-refractivity contribution is 0.0988. The lowest BCUT2D eigenvalue weighted by atomic mass is 9.90. The highest BCUT2D eigenvalue weighted by atomic mass is 35.5. The maximum absolute atomic E-state index is 15.0. The van der Waals surface area contributed by atoms with Gasteiger partial charge in [-0.25, -0.2) is 17.2 Å². The van der Waals surface area contributed by atoms with Crippen molar-refractivity contribution < 1.29 is 22.0 Å². The minimum absolute atomic E-state index is 0.0142. The number of amidine groups is 1. The van der Waals surface area contributed by atoms with Crippen molar-refractivity contribution in [3.05, 3.63) is 99.8 Å². The quantitative estimate of drug-likeness (QED) is 0.507. The van der Waals surface area contributed by atoms with Crippen molar-refractivity contribution in [2.24, 2.45) is 10.7 Å². The molecule has 0 unspecified atom stereocenters. The van der Waals surface area contributed by atoms with Gasteiger partial charge in [0.1, 0.15) is 28.7 Å². The molecule has 1 aromatic heterocycles. The van der Waals surface area contributed by atoms with Gasteiger partial charge in [-0.15, -0.1) is 0 Å². The highest BCUT2D eigenvalue weighted by molar-refractivity contribution is 7.93. The fraction of sp³-hybridized carbons (Fsp3) is 0.240. The van der Waals surface area contributed by atoms with Gasteiger partial charge in [0.2, 0.25) is 0 Å².